The van der Waals surface area contributed by atoms with Crippen LogP contribution in [0.4, 0.5) is 0 Å². The van der Waals surface area contributed by atoms with Crippen LogP contribution in [0.3, 0.4) is 0 Å². The van der Waals surface area contributed by atoms with Crippen molar-refractivity contribution in [3.63, 3.8) is 0 Å². The van der Waals surface area contributed by atoms with Gasteiger partial charge in [0.25, 0.3) is 0 Å². The van der Waals surface area contributed by atoms with Crippen molar-refractivity contribution in [3.8, 4) is 11.8 Å². The predicted octanol–water partition coefficient (Wildman–Crippen LogP) is 11.4. The molecule has 5 N–H and O–H groups in total. The Morgan fingerprint density at radius 3 is 2.39 bits per heavy atom. The molecule has 1 saturated heterocycles. The molecule has 9 nitrogen and oxygen atoms in total. The Morgan fingerprint density at radius 2 is 1.58 bits per heavy atom. The van der Waals surface area contributed by atoms with Gasteiger partial charge in [-0.15, -0.1) is 0 Å². The molecule has 9 saturated carbocycles. The lowest BCUT2D eigenvalue weighted by Gasteiger charge is -2.75. The van der Waals surface area contributed by atoms with Crippen molar-refractivity contribution in [1.29, 1.82) is 0 Å². The zero-order chi connectivity index (χ0) is 57.2. The number of carbonyl (C=O) groups excluding carboxylic acids is 2. The lowest BCUT2D eigenvalue weighted by atomic mass is 9.32. The zero-order valence-corrected chi connectivity index (χ0v) is 50.2. The van der Waals surface area contributed by atoms with Gasteiger partial charge in [0.2, 0.25) is 0 Å². The van der Waals surface area contributed by atoms with E-state index < -0.39 is 51.0 Å². The molecule has 0 radical (unpaired) electrons. The van der Waals surface area contributed by atoms with E-state index in [1.165, 1.54) is 54.2 Å². The number of hydrogen-bond acceptors (Lipinski definition) is 9. The molecule has 9 heteroatoms. The number of likely N-dealkylation sites (N-methyl/N-ethyl adjacent to an activating group) is 1. The van der Waals surface area contributed by atoms with Crippen molar-refractivity contribution in [1.82, 2.24) is 5.32 Å². The average Bonchev–Trinajstić information content (AvgIpc) is 1.24. The maximum atomic E-state index is 15.7. The van der Waals surface area contributed by atoms with Crippen molar-refractivity contribution in [2.24, 2.45) is 92.7 Å². The molecule has 84 heavy (non-hydrogen) atoms. The standard InChI is InChI=1S/C75H93NO8/c1-45(52-12-3-4-13-52)54-18-19-62-68-70-38-50(32-57(70)23-27-83-68)17-16-46-8-5-9-47(28-46)29-48-10-6-11-49(30-48)31-51-20-24-69(37-51)25-21-53-14-7-15-55(41-77)59(53)35-63(76-2)60-34-56-39-74(81)71(42-69,66(56)61-36-65(79)84-67(60)61)26-22-64-72(43-70,44-78)75(62,82)58(33-54)40-73(64,74)80/h5-11,14-15,28,30,36,44-45,50-52,54,56-58,60,62-64,66-68,76-77,80-82H,3-4,12-13,16-20,22-24,26-27,29,31-35,37-43H2,1-2H3. The van der Waals surface area contributed by atoms with E-state index in [4.69, 9.17) is 9.47 Å². The molecule has 13 aliphatic carbocycles. The van der Waals surface area contributed by atoms with Crippen LogP contribution in [0.25, 0.3) is 0 Å². The second-order valence-electron chi connectivity index (χ2n) is 31.4. The molecule has 3 spiro atoms. The Labute approximate surface area is 499 Å². The number of rotatable bonds is 5. The minimum atomic E-state index is -1.74. The van der Waals surface area contributed by atoms with Gasteiger partial charge in [-0.25, -0.2) is 4.79 Å². The van der Waals surface area contributed by atoms with Gasteiger partial charge in [-0.3, -0.25) is 0 Å². The summed E-state index contributed by atoms with van der Waals surface area (Å²) < 4.78 is 13.9. The minimum absolute atomic E-state index is 0.0990. The van der Waals surface area contributed by atoms with Gasteiger partial charge in [-0.1, -0.05) is 105 Å². The van der Waals surface area contributed by atoms with E-state index in [2.05, 4.69) is 78.7 Å². The highest BCUT2D eigenvalue weighted by molar-refractivity contribution is 5.86. The Kier molecular flexibility index (Phi) is 13.1. The van der Waals surface area contributed by atoms with Crippen LogP contribution in [-0.4, -0.2) is 81.4 Å². The van der Waals surface area contributed by atoms with E-state index in [1.54, 1.807) is 6.08 Å². The maximum absolute atomic E-state index is 15.7. The van der Waals surface area contributed by atoms with Crippen LogP contribution in [0.2, 0.25) is 0 Å². The fraction of sp³-hybridized carbons (Fsp3) is 0.680. The number of aliphatic hydroxyl groups excluding tert-OH is 1. The SMILES string of the molecule is CNC1Cc2c(cccc2CO)C#CC23CCC(Cc4cccc(c4)Cc4cccc(c4)CCC4CC5CCOC6C7CCC(C(C)C8CCCC8)CC8CC9(O)C(CCC%10(C2)C2C%11=CC(=O)OC%11C1CC2CC9%10O)C(C=O)(CC56C4)C87O)C3. The highest BCUT2D eigenvalue weighted by Crippen LogP contribution is 2.81. The summed E-state index contributed by atoms with van der Waals surface area (Å²) in [5.74, 6) is 8.24. The minimum Gasteiger partial charge on any atom is -0.454 e. The Balaban J connectivity index is 0.921. The van der Waals surface area contributed by atoms with Gasteiger partial charge in [-0.2, -0.15) is 0 Å². The number of carbonyl (C=O) groups is 2. The predicted molar refractivity (Wildman–Crippen MR) is 322 cm³/mol. The molecule has 0 amide bonds. The number of ether oxygens (including phenoxy) is 2. The van der Waals surface area contributed by atoms with E-state index in [0.717, 1.165) is 106 Å². The van der Waals surface area contributed by atoms with Crippen LogP contribution in [0.15, 0.2) is 78.4 Å². The number of nitrogens with one attached hydrogen (secondary N) is 1. The summed E-state index contributed by atoms with van der Waals surface area (Å²) in [5, 5.41) is 60.6. The molecular formula is C75H93NO8. The van der Waals surface area contributed by atoms with Crippen LogP contribution in [0.5, 0.6) is 0 Å². The molecule has 3 aromatic rings. The third-order valence-corrected chi connectivity index (χ3v) is 28.2. The van der Waals surface area contributed by atoms with Gasteiger partial charge in [-0.05, 0) is 240 Å². The van der Waals surface area contributed by atoms with Crippen LogP contribution in [0.1, 0.15) is 181 Å². The molecule has 21 unspecified atom stereocenters. The third-order valence-electron chi connectivity index (χ3n) is 28.2. The van der Waals surface area contributed by atoms with E-state index in [9.17, 15) is 15.0 Å². The highest BCUT2D eigenvalue weighted by Gasteiger charge is 2.85. The second kappa shape index (κ2) is 19.9. The lowest BCUT2D eigenvalue weighted by molar-refractivity contribution is -0.364. The van der Waals surface area contributed by atoms with Gasteiger partial charge in [0.1, 0.15) is 18.0 Å². The van der Waals surface area contributed by atoms with Crippen LogP contribution in [0, 0.1) is 105 Å². The molecule has 446 valence electrons. The van der Waals surface area contributed by atoms with Crippen molar-refractivity contribution < 1.29 is 39.5 Å². The number of aryl methyl sites for hydroxylation is 1. The van der Waals surface area contributed by atoms with E-state index in [-0.39, 0.29) is 60.2 Å². The number of hydrogen-bond donors (Lipinski definition) is 5. The number of esters is 1. The van der Waals surface area contributed by atoms with Crippen molar-refractivity contribution >= 4 is 12.3 Å². The van der Waals surface area contributed by atoms with Crippen LogP contribution >= 0.6 is 0 Å². The number of aldehydes is 1. The summed E-state index contributed by atoms with van der Waals surface area (Å²) in [4.78, 5) is 30.0. The molecule has 10 fully saturated rings. The van der Waals surface area contributed by atoms with Gasteiger partial charge in [0, 0.05) is 58.3 Å². The monoisotopic (exact) mass is 1140 g/mol. The molecular weight excluding hydrogens is 1040 g/mol. The second-order valence-corrected chi connectivity index (χ2v) is 31.4. The summed E-state index contributed by atoms with van der Waals surface area (Å²) in [5.41, 5.74) is 1.09. The summed E-state index contributed by atoms with van der Waals surface area (Å²) in [6, 6.07) is 24.6. The maximum Gasteiger partial charge on any atom is 0.331 e. The summed E-state index contributed by atoms with van der Waals surface area (Å²) >= 11 is 0. The van der Waals surface area contributed by atoms with Crippen LogP contribution < -0.4 is 5.32 Å². The van der Waals surface area contributed by atoms with Gasteiger partial charge in [0.05, 0.1) is 29.3 Å². The largest absolute Gasteiger partial charge is 0.454 e. The first-order valence-corrected chi connectivity index (χ1v) is 33.9. The highest BCUT2D eigenvalue weighted by atomic mass is 16.5. The third kappa shape index (κ3) is 7.80. The number of benzene rings is 3. The van der Waals surface area contributed by atoms with Gasteiger partial charge >= 0.3 is 5.97 Å². The smallest absolute Gasteiger partial charge is 0.331 e. The summed E-state index contributed by atoms with van der Waals surface area (Å²) in [6.07, 6.45) is 23.2. The quantitative estimate of drug-likeness (QED) is 0.0958. The number of aliphatic hydroxyl groups is 4. The summed E-state index contributed by atoms with van der Waals surface area (Å²) in [6.45, 7) is 3.05. The fourth-order valence-electron chi connectivity index (χ4n) is 25.1. The van der Waals surface area contributed by atoms with Crippen molar-refractivity contribution in [2.75, 3.05) is 13.7 Å². The average molecular weight is 1140 g/mol. The van der Waals surface area contributed by atoms with Crippen molar-refractivity contribution in [3.05, 3.63) is 117 Å². The zero-order valence-electron chi connectivity index (χ0n) is 50.2. The van der Waals surface area contributed by atoms with E-state index >= 15 is 15.0 Å². The molecule has 15 aliphatic rings. The van der Waals surface area contributed by atoms with Gasteiger partial charge in [0.15, 0.2) is 0 Å². The number of fused-ring (bicyclic) bond motifs is 4. The first-order valence-electron chi connectivity index (χ1n) is 33.9. The molecule has 0 aromatic heterocycles. The van der Waals surface area contributed by atoms with Gasteiger partial charge < -0.3 is 40.0 Å². The van der Waals surface area contributed by atoms with E-state index in [0.29, 0.717) is 87.1 Å². The first kappa shape index (κ1) is 55.2. The normalized spacial score (nSPS) is 46.3. The topological polar surface area (TPSA) is 146 Å². The molecule has 18 rings (SSSR count). The van der Waals surface area contributed by atoms with Crippen LogP contribution in [-0.2, 0) is 51.4 Å². The molecule has 21 atom stereocenters. The first-order chi connectivity index (χ1) is 40.7. The fourth-order valence-corrected chi connectivity index (χ4v) is 25.1. The molecule has 3 aromatic carbocycles. The Bertz CT molecular complexity index is 3230. The lowest BCUT2D eigenvalue weighted by Crippen LogP contribution is -2.83. The van der Waals surface area contributed by atoms with Crippen molar-refractivity contribution in [2.45, 2.75) is 209 Å². The molecule has 2 heterocycles. The molecule has 2 aliphatic heterocycles. The Morgan fingerprint density at radius 1 is 0.786 bits per heavy atom. The molecule has 15 bridgehead atoms. The van der Waals surface area contributed by atoms with E-state index in [1.807, 2.05) is 19.2 Å². The summed E-state index contributed by atoms with van der Waals surface area (Å²) in [7, 11) is 2.00. The Hall–Kier alpha value is -4.14.